The first-order valence-corrected chi connectivity index (χ1v) is 4.95. The van der Waals surface area contributed by atoms with Gasteiger partial charge in [0.25, 0.3) is 0 Å². The number of rotatable bonds is 1. The van der Waals surface area contributed by atoms with E-state index >= 15 is 0 Å². The first-order chi connectivity index (χ1) is 6.22. The van der Waals surface area contributed by atoms with E-state index in [-0.39, 0.29) is 0 Å². The third-order valence-corrected chi connectivity index (χ3v) is 3.31. The lowest BCUT2D eigenvalue weighted by Crippen LogP contribution is -2.30. The molecule has 2 rings (SSSR count). The van der Waals surface area contributed by atoms with Crippen molar-refractivity contribution in [1.82, 2.24) is 0 Å². The van der Waals surface area contributed by atoms with Crippen LogP contribution < -0.4 is 4.57 Å². The fourth-order valence-electron chi connectivity index (χ4n) is 1.24. The number of halogens is 1. The second kappa shape index (κ2) is 3.09. The van der Waals surface area contributed by atoms with Gasteiger partial charge in [0.15, 0.2) is 0 Å². The second-order valence-electron chi connectivity index (χ2n) is 2.73. The predicted molar refractivity (Wildman–Crippen MR) is 53.4 cm³/mol. The molecule has 13 heavy (non-hydrogen) atoms. The molecule has 1 aromatic heterocycles. The molecule has 0 bridgehead atoms. The maximum atomic E-state index is 10.6. The number of carbonyl (C=O) groups is 1. The summed E-state index contributed by atoms with van der Waals surface area (Å²) in [6.07, 6.45) is 0.860. The molecule has 2 nitrogen and oxygen atoms in total. The van der Waals surface area contributed by atoms with E-state index < -0.39 is 0 Å². The topological polar surface area (TPSA) is 20.9 Å². The number of nitrogens with zero attached hydrogens (tertiary/aromatic N) is 1. The smallest absolute Gasteiger partial charge is 0.290 e. The SMILES string of the molecule is C[n+]1c(C=O)sc2ccc(Cl)cc21. The lowest BCUT2D eigenvalue weighted by atomic mass is 10.3. The van der Waals surface area contributed by atoms with Crippen molar-refractivity contribution in [3.8, 4) is 0 Å². The number of benzene rings is 1. The van der Waals surface area contributed by atoms with Gasteiger partial charge in [0, 0.05) is 11.1 Å². The van der Waals surface area contributed by atoms with Gasteiger partial charge in [-0.3, -0.25) is 4.79 Å². The standard InChI is InChI=1S/C9H7ClNOS/c1-11-7-4-6(10)2-3-8(7)13-9(11)5-12/h2-5H,1H3/q+1. The molecule has 0 fully saturated rings. The third-order valence-electron chi connectivity index (χ3n) is 1.93. The number of aldehydes is 1. The molecule has 0 aliphatic carbocycles. The van der Waals surface area contributed by atoms with Crippen LogP contribution in [-0.4, -0.2) is 6.29 Å². The van der Waals surface area contributed by atoms with E-state index in [0.717, 1.165) is 16.5 Å². The molecule has 0 atom stereocenters. The van der Waals surface area contributed by atoms with Crippen LogP contribution in [-0.2, 0) is 7.05 Å². The maximum absolute atomic E-state index is 10.6. The van der Waals surface area contributed by atoms with E-state index in [4.69, 9.17) is 11.6 Å². The van der Waals surface area contributed by atoms with Crippen LogP contribution in [0.3, 0.4) is 0 Å². The Bertz CT molecular complexity index is 478. The first kappa shape index (κ1) is 8.66. The highest BCUT2D eigenvalue weighted by Gasteiger charge is 2.15. The van der Waals surface area contributed by atoms with Gasteiger partial charge < -0.3 is 0 Å². The van der Waals surface area contributed by atoms with Crippen LogP contribution in [0.25, 0.3) is 10.2 Å². The van der Waals surface area contributed by atoms with Crippen LogP contribution >= 0.6 is 22.9 Å². The monoisotopic (exact) mass is 212 g/mol. The molecule has 1 aromatic carbocycles. The molecule has 0 aliphatic rings. The minimum absolute atomic E-state index is 0.693. The summed E-state index contributed by atoms with van der Waals surface area (Å²) in [6.45, 7) is 0. The number of hydrogen-bond donors (Lipinski definition) is 0. The summed E-state index contributed by atoms with van der Waals surface area (Å²) in [7, 11) is 1.86. The number of thiazole rings is 1. The molecular formula is C9H7ClNOS+. The van der Waals surface area contributed by atoms with Gasteiger partial charge in [-0.15, -0.1) is 0 Å². The summed E-state index contributed by atoms with van der Waals surface area (Å²) in [4.78, 5) is 10.6. The Morgan fingerprint density at radius 3 is 3.00 bits per heavy atom. The quantitative estimate of drug-likeness (QED) is 0.525. The highest BCUT2D eigenvalue weighted by atomic mass is 35.5. The van der Waals surface area contributed by atoms with E-state index in [0.29, 0.717) is 10.0 Å². The highest BCUT2D eigenvalue weighted by Crippen LogP contribution is 2.22. The van der Waals surface area contributed by atoms with Gasteiger partial charge in [-0.1, -0.05) is 22.9 Å². The van der Waals surface area contributed by atoms with Crippen LogP contribution in [0, 0.1) is 0 Å². The van der Waals surface area contributed by atoms with Crippen molar-refractivity contribution in [3.05, 3.63) is 28.2 Å². The van der Waals surface area contributed by atoms with Crippen LogP contribution in [0.15, 0.2) is 18.2 Å². The third kappa shape index (κ3) is 1.34. The number of aryl methyl sites for hydroxylation is 1. The zero-order valence-corrected chi connectivity index (χ0v) is 8.52. The number of carbonyl (C=O) groups excluding carboxylic acids is 1. The number of fused-ring (bicyclic) bond motifs is 1. The average Bonchev–Trinajstić information content (AvgIpc) is 2.44. The minimum Gasteiger partial charge on any atom is -0.290 e. The lowest BCUT2D eigenvalue weighted by Gasteiger charge is -1.86. The molecule has 0 saturated carbocycles. The normalized spacial score (nSPS) is 10.6. The Hall–Kier alpha value is -0.930. The van der Waals surface area contributed by atoms with Gasteiger partial charge in [0.2, 0.25) is 11.8 Å². The van der Waals surface area contributed by atoms with Crippen molar-refractivity contribution in [1.29, 1.82) is 0 Å². The molecule has 0 aliphatic heterocycles. The van der Waals surface area contributed by atoms with Crippen LogP contribution in [0.2, 0.25) is 5.02 Å². The van der Waals surface area contributed by atoms with Gasteiger partial charge >= 0.3 is 5.01 Å². The molecule has 1 heterocycles. The van der Waals surface area contributed by atoms with Crippen molar-refractivity contribution in [2.45, 2.75) is 0 Å². The Balaban J connectivity index is 2.84. The van der Waals surface area contributed by atoms with E-state index in [1.807, 2.05) is 29.8 Å². The van der Waals surface area contributed by atoms with E-state index in [9.17, 15) is 4.79 Å². The van der Waals surface area contributed by atoms with Crippen molar-refractivity contribution in [2.24, 2.45) is 7.05 Å². The molecule has 0 unspecified atom stereocenters. The van der Waals surface area contributed by atoms with Gasteiger partial charge in [-0.2, -0.15) is 4.57 Å². The fraction of sp³-hybridized carbons (Fsp3) is 0.111. The zero-order chi connectivity index (χ0) is 9.42. The fourth-order valence-corrected chi connectivity index (χ4v) is 2.35. The van der Waals surface area contributed by atoms with Crippen LogP contribution in [0.1, 0.15) is 9.80 Å². The lowest BCUT2D eigenvalue weighted by molar-refractivity contribution is -0.641. The van der Waals surface area contributed by atoms with E-state index in [2.05, 4.69) is 0 Å². The maximum Gasteiger partial charge on any atom is 0.302 e. The summed E-state index contributed by atoms with van der Waals surface area (Å²) in [5, 5.41) is 1.40. The molecule has 0 amide bonds. The van der Waals surface area contributed by atoms with Crippen LogP contribution in [0.4, 0.5) is 0 Å². The highest BCUT2D eigenvalue weighted by molar-refractivity contribution is 7.19. The van der Waals surface area contributed by atoms with E-state index in [1.54, 1.807) is 0 Å². The first-order valence-electron chi connectivity index (χ1n) is 3.75. The van der Waals surface area contributed by atoms with Gasteiger partial charge in [-0.25, -0.2) is 0 Å². The summed E-state index contributed by atoms with van der Waals surface area (Å²) in [5.41, 5.74) is 1.000. The Kier molecular flexibility index (Phi) is 2.06. The van der Waals surface area contributed by atoms with Crippen molar-refractivity contribution in [3.63, 3.8) is 0 Å². The second-order valence-corrected chi connectivity index (χ2v) is 4.23. The summed E-state index contributed by atoms with van der Waals surface area (Å²) >= 11 is 7.31. The van der Waals surface area contributed by atoms with E-state index in [1.165, 1.54) is 11.3 Å². The average molecular weight is 213 g/mol. The van der Waals surface area contributed by atoms with Crippen LogP contribution in [0.5, 0.6) is 0 Å². The molecule has 0 spiro atoms. The molecule has 0 radical (unpaired) electrons. The summed E-state index contributed by atoms with van der Waals surface area (Å²) in [5.74, 6) is 0. The van der Waals surface area contributed by atoms with Gasteiger partial charge in [-0.05, 0) is 12.1 Å². The Labute approximate surface area is 84.4 Å². The van der Waals surface area contributed by atoms with Gasteiger partial charge in [0.05, 0.1) is 0 Å². The molecule has 0 saturated heterocycles. The molecule has 66 valence electrons. The Morgan fingerprint density at radius 2 is 2.31 bits per heavy atom. The van der Waals surface area contributed by atoms with Gasteiger partial charge in [0.1, 0.15) is 11.7 Å². The van der Waals surface area contributed by atoms with Crippen molar-refractivity contribution in [2.75, 3.05) is 0 Å². The predicted octanol–water partition coefficient (Wildman–Crippen LogP) is 2.19. The number of aromatic nitrogens is 1. The molecule has 0 N–H and O–H groups in total. The minimum atomic E-state index is 0.693. The molecular weight excluding hydrogens is 206 g/mol. The Morgan fingerprint density at radius 1 is 1.54 bits per heavy atom. The summed E-state index contributed by atoms with van der Waals surface area (Å²) in [6, 6.07) is 5.62. The molecule has 4 heteroatoms. The number of hydrogen-bond acceptors (Lipinski definition) is 2. The zero-order valence-electron chi connectivity index (χ0n) is 6.95. The van der Waals surface area contributed by atoms with Crippen molar-refractivity contribution >= 4 is 39.4 Å². The largest absolute Gasteiger partial charge is 0.302 e. The van der Waals surface area contributed by atoms with Crippen molar-refractivity contribution < 1.29 is 9.36 Å². The molecule has 2 aromatic rings. The summed E-state index contributed by atoms with van der Waals surface area (Å²) < 4.78 is 2.92.